The topological polar surface area (TPSA) is 81.3 Å². The van der Waals surface area contributed by atoms with Gasteiger partial charge in [-0.05, 0) is 6.92 Å². The van der Waals surface area contributed by atoms with Crippen LogP contribution in [0.5, 0.6) is 0 Å². The summed E-state index contributed by atoms with van der Waals surface area (Å²) >= 11 is 0. The molecule has 0 unspecified atom stereocenters. The molecule has 1 saturated heterocycles. The Balaban J connectivity index is 1.87. The van der Waals surface area contributed by atoms with Gasteiger partial charge in [0.25, 0.3) is 5.91 Å². The van der Waals surface area contributed by atoms with Crippen molar-refractivity contribution in [2.75, 3.05) is 32.7 Å². The maximum Gasteiger partial charge on any atom is 0.317 e. The highest BCUT2D eigenvalue weighted by molar-refractivity contribution is 5.93. The lowest BCUT2D eigenvalue weighted by Gasteiger charge is -2.34. The second kappa shape index (κ2) is 5.52. The number of aromatic amines is 1. The van der Waals surface area contributed by atoms with Crippen LogP contribution < -0.4 is 5.32 Å². The number of rotatable bonds is 2. The van der Waals surface area contributed by atoms with Crippen LogP contribution in [0.15, 0.2) is 12.4 Å². The second-order valence-corrected chi connectivity index (χ2v) is 4.10. The zero-order valence-electron chi connectivity index (χ0n) is 10.3. The van der Waals surface area contributed by atoms with Crippen molar-refractivity contribution in [3.05, 3.63) is 18.0 Å². The summed E-state index contributed by atoms with van der Waals surface area (Å²) in [5.74, 6) is -0.0423. The number of hydrogen-bond donors (Lipinski definition) is 2. The van der Waals surface area contributed by atoms with Gasteiger partial charge in [-0.3, -0.25) is 9.89 Å². The zero-order chi connectivity index (χ0) is 13.0. The minimum Gasteiger partial charge on any atom is -0.338 e. The molecule has 1 aromatic rings. The largest absolute Gasteiger partial charge is 0.338 e. The number of H-pyrrole nitrogens is 1. The zero-order valence-corrected chi connectivity index (χ0v) is 10.3. The molecule has 2 rings (SSSR count). The van der Waals surface area contributed by atoms with Crippen LogP contribution in [0, 0.1) is 0 Å². The van der Waals surface area contributed by atoms with Gasteiger partial charge in [-0.25, -0.2) is 4.79 Å². The standard InChI is InChI=1S/C11H17N5O2/c1-2-12-11(18)16-5-3-15(4-6-16)10(17)9-7-13-14-8-9/h7-8H,2-6H2,1H3,(H,12,18)(H,13,14). The Morgan fingerprint density at radius 1 is 1.33 bits per heavy atom. The Labute approximate surface area is 105 Å². The molecule has 2 N–H and O–H groups in total. The highest BCUT2D eigenvalue weighted by Crippen LogP contribution is 2.07. The first-order valence-corrected chi connectivity index (χ1v) is 6.03. The number of piperazine rings is 1. The molecule has 1 aromatic heterocycles. The molecular weight excluding hydrogens is 234 g/mol. The molecule has 1 aliphatic rings. The van der Waals surface area contributed by atoms with Crippen LogP contribution >= 0.6 is 0 Å². The number of carbonyl (C=O) groups excluding carboxylic acids is 2. The summed E-state index contributed by atoms with van der Waals surface area (Å²) < 4.78 is 0. The molecule has 0 bridgehead atoms. The van der Waals surface area contributed by atoms with E-state index in [0.29, 0.717) is 38.3 Å². The maximum absolute atomic E-state index is 12.0. The fourth-order valence-electron chi connectivity index (χ4n) is 1.93. The fraction of sp³-hybridized carbons (Fsp3) is 0.545. The smallest absolute Gasteiger partial charge is 0.317 e. The third-order valence-corrected chi connectivity index (χ3v) is 2.93. The Kier molecular flexibility index (Phi) is 3.81. The minimum atomic E-state index is -0.0621. The summed E-state index contributed by atoms with van der Waals surface area (Å²) in [6, 6.07) is -0.0621. The van der Waals surface area contributed by atoms with Gasteiger partial charge in [0, 0.05) is 38.9 Å². The molecule has 7 heteroatoms. The SMILES string of the molecule is CCNC(=O)N1CCN(C(=O)c2cn[nH]c2)CC1. The first kappa shape index (κ1) is 12.4. The number of aromatic nitrogens is 2. The van der Waals surface area contributed by atoms with Crippen LogP contribution in [-0.2, 0) is 0 Å². The van der Waals surface area contributed by atoms with Crippen LogP contribution in [0.1, 0.15) is 17.3 Å². The van der Waals surface area contributed by atoms with E-state index in [0.717, 1.165) is 0 Å². The fourth-order valence-corrected chi connectivity index (χ4v) is 1.93. The average molecular weight is 251 g/mol. The lowest BCUT2D eigenvalue weighted by molar-refractivity contribution is 0.0665. The van der Waals surface area contributed by atoms with Crippen molar-refractivity contribution in [3.63, 3.8) is 0 Å². The van der Waals surface area contributed by atoms with E-state index in [2.05, 4.69) is 15.5 Å². The predicted octanol–water partition coefficient (Wildman–Crippen LogP) is -0.103. The van der Waals surface area contributed by atoms with Crippen LogP contribution in [0.2, 0.25) is 0 Å². The summed E-state index contributed by atoms with van der Waals surface area (Å²) in [5.41, 5.74) is 0.557. The Morgan fingerprint density at radius 2 is 2.00 bits per heavy atom. The Hall–Kier alpha value is -2.05. The van der Waals surface area contributed by atoms with Gasteiger partial charge in [0.05, 0.1) is 11.8 Å². The first-order chi connectivity index (χ1) is 8.72. The Bertz CT molecular complexity index is 409. The van der Waals surface area contributed by atoms with Gasteiger partial charge in [-0.15, -0.1) is 0 Å². The minimum absolute atomic E-state index is 0.0423. The molecule has 98 valence electrons. The molecule has 0 aliphatic carbocycles. The highest BCUT2D eigenvalue weighted by Gasteiger charge is 2.24. The molecule has 2 heterocycles. The highest BCUT2D eigenvalue weighted by atomic mass is 16.2. The van der Waals surface area contributed by atoms with E-state index in [1.165, 1.54) is 6.20 Å². The van der Waals surface area contributed by atoms with E-state index in [4.69, 9.17) is 0 Å². The van der Waals surface area contributed by atoms with Crippen molar-refractivity contribution in [1.29, 1.82) is 0 Å². The molecule has 0 atom stereocenters. The number of carbonyl (C=O) groups is 2. The molecule has 18 heavy (non-hydrogen) atoms. The number of amides is 3. The predicted molar refractivity (Wildman–Crippen MR) is 65.1 cm³/mol. The third kappa shape index (κ3) is 2.61. The number of urea groups is 1. The van der Waals surface area contributed by atoms with Crippen LogP contribution in [-0.4, -0.2) is 64.7 Å². The van der Waals surface area contributed by atoms with Gasteiger partial charge in [-0.2, -0.15) is 5.10 Å². The lowest BCUT2D eigenvalue weighted by Crippen LogP contribution is -2.53. The van der Waals surface area contributed by atoms with Gasteiger partial charge in [0.2, 0.25) is 0 Å². The summed E-state index contributed by atoms with van der Waals surface area (Å²) in [6.07, 6.45) is 3.09. The maximum atomic E-state index is 12.0. The number of hydrogen-bond acceptors (Lipinski definition) is 3. The summed E-state index contributed by atoms with van der Waals surface area (Å²) in [6.45, 7) is 4.75. The average Bonchev–Trinajstić information content (AvgIpc) is 2.92. The molecule has 1 aliphatic heterocycles. The Morgan fingerprint density at radius 3 is 2.56 bits per heavy atom. The summed E-state index contributed by atoms with van der Waals surface area (Å²) in [5, 5.41) is 9.14. The van der Waals surface area contributed by atoms with E-state index in [9.17, 15) is 9.59 Å². The van der Waals surface area contributed by atoms with Crippen LogP contribution in [0.3, 0.4) is 0 Å². The molecule has 0 saturated carbocycles. The van der Waals surface area contributed by atoms with Crippen molar-refractivity contribution in [2.45, 2.75) is 6.92 Å². The molecule has 7 nitrogen and oxygen atoms in total. The van der Waals surface area contributed by atoms with Crippen molar-refractivity contribution in [3.8, 4) is 0 Å². The molecule has 0 radical (unpaired) electrons. The van der Waals surface area contributed by atoms with Gasteiger partial charge in [-0.1, -0.05) is 0 Å². The van der Waals surface area contributed by atoms with Crippen LogP contribution in [0.4, 0.5) is 4.79 Å². The number of nitrogens with one attached hydrogen (secondary N) is 2. The first-order valence-electron chi connectivity index (χ1n) is 6.03. The van der Waals surface area contributed by atoms with Crippen LogP contribution in [0.25, 0.3) is 0 Å². The van der Waals surface area contributed by atoms with Gasteiger partial charge >= 0.3 is 6.03 Å². The summed E-state index contributed by atoms with van der Waals surface area (Å²) in [4.78, 5) is 27.1. The quantitative estimate of drug-likeness (QED) is 0.770. The second-order valence-electron chi connectivity index (χ2n) is 4.10. The van der Waals surface area contributed by atoms with Crippen molar-refractivity contribution in [1.82, 2.24) is 25.3 Å². The molecule has 3 amide bonds. The van der Waals surface area contributed by atoms with Crippen molar-refractivity contribution >= 4 is 11.9 Å². The molecule has 0 spiro atoms. The third-order valence-electron chi connectivity index (χ3n) is 2.93. The van der Waals surface area contributed by atoms with Crippen molar-refractivity contribution in [2.24, 2.45) is 0 Å². The normalized spacial score (nSPS) is 15.6. The monoisotopic (exact) mass is 251 g/mol. The molecular formula is C11H17N5O2. The van der Waals surface area contributed by atoms with Gasteiger partial charge < -0.3 is 15.1 Å². The van der Waals surface area contributed by atoms with E-state index in [-0.39, 0.29) is 11.9 Å². The van der Waals surface area contributed by atoms with E-state index >= 15 is 0 Å². The molecule has 0 aromatic carbocycles. The van der Waals surface area contributed by atoms with Crippen molar-refractivity contribution < 1.29 is 9.59 Å². The van der Waals surface area contributed by atoms with Gasteiger partial charge in [0.1, 0.15) is 0 Å². The summed E-state index contributed by atoms with van der Waals surface area (Å²) in [7, 11) is 0. The van der Waals surface area contributed by atoms with E-state index in [1.807, 2.05) is 6.92 Å². The van der Waals surface area contributed by atoms with E-state index < -0.39 is 0 Å². The molecule has 1 fully saturated rings. The number of nitrogens with zero attached hydrogens (tertiary/aromatic N) is 3. The lowest BCUT2D eigenvalue weighted by atomic mass is 10.2. The van der Waals surface area contributed by atoms with Gasteiger partial charge in [0.15, 0.2) is 0 Å². The van der Waals surface area contributed by atoms with E-state index in [1.54, 1.807) is 16.0 Å².